The van der Waals surface area contributed by atoms with Gasteiger partial charge in [0.1, 0.15) is 5.69 Å². The van der Waals surface area contributed by atoms with Gasteiger partial charge in [0, 0.05) is 63.5 Å². The molecule has 0 aromatic carbocycles. The number of carbonyl (C=O) groups is 1. The number of nitrogens with zero attached hydrogens (tertiary/aromatic N) is 5. The quantitative estimate of drug-likeness (QED) is 0.729. The zero-order chi connectivity index (χ0) is 21.4. The molecule has 4 heterocycles. The Hall–Kier alpha value is -1.99. The van der Waals surface area contributed by atoms with E-state index >= 15 is 0 Å². The van der Waals surface area contributed by atoms with Crippen molar-refractivity contribution in [3.05, 3.63) is 39.6 Å². The molecule has 0 radical (unpaired) electrons. The van der Waals surface area contributed by atoms with Gasteiger partial charge in [0.25, 0.3) is 5.91 Å². The summed E-state index contributed by atoms with van der Waals surface area (Å²) in [4.78, 5) is 29.8. The maximum atomic E-state index is 12.0. The van der Waals surface area contributed by atoms with Gasteiger partial charge < -0.3 is 9.80 Å². The molecule has 2 aromatic heterocycles. The molecule has 6 nitrogen and oxygen atoms in total. The Morgan fingerprint density at radius 1 is 1.06 bits per heavy atom. The van der Waals surface area contributed by atoms with Gasteiger partial charge in [-0.1, -0.05) is 6.42 Å². The van der Waals surface area contributed by atoms with Crippen LogP contribution < -0.4 is 4.90 Å². The molecule has 2 aliphatic heterocycles. The molecule has 1 amide bonds. The normalized spacial score (nSPS) is 20.8. The number of piperidine rings is 1. The zero-order valence-electron chi connectivity index (χ0n) is 18.7. The average Bonchev–Trinajstić information content (AvgIpc) is 3.07. The second kappa shape index (κ2) is 8.87. The largest absolute Gasteiger partial charge is 0.370 e. The zero-order valence-corrected chi connectivity index (χ0v) is 19.5. The first kappa shape index (κ1) is 20.9. The van der Waals surface area contributed by atoms with E-state index in [-0.39, 0.29) is 5.91 Å². The van der Waals surface area contributed by atoms with Crippen LogP contribution in [-0.4, -0.2) is 72.0 Å². The summed E-state index contributed by atoms with van der Waals surface area (Å²) in [6.07, 6.45) is 10.6. The van der Waals surface area contributed by atoms with Crippen molar-refractivity contribution in [3.8, 4) is 0 Å². The highest BCUT2D eigenvalue weighted by molar-refractivity contribution is 7.11. The predicted molar refractivity (Wildman–Crippen MR) is 125 cm³/mol. The summed E-state index contributed by atoms with van der Waals surface area (Å²) in [6, 6.07) is 4.72. The summed E-state index contributed by atoms with van der Waals surface area (Å²) >= 11 is 1.99. The van der Waals surface area contributed by atoms with Crippen LogP contribution >= 0.6 is 11.3 Å². The molecule has 0 bridgehead atoms. The smallest absolute Gasteiger partial charge is 0.271 e. The van der Waals surface area contributed by atoms with Crippen LogP contribution in [0.5, 0.6) is 0 Å². The van der Waals surface area contributed by atoms with Crippen LogP contribution in [0.1, 0.15) is 64.1 Å². The third-order valence-corrected chi connectivity index (χ3v) is 8.55. The summed E-state index contributed by atoms with van der Waals surface area (Å²) in [5.74, 6) is 0.531. The molecule has 0 spiro atoms. The van der Waals surface area contributed by atoms with Gasteiger partial charge in [-0.15, -0.1) is 11.3 Å². The molecule has 1 saturated carbocycles. The number of hydrogen-bond donors (Lipinski definition) is 0. The Morgan fingerprint density at radius 3 is 2.48 bits per heavy atom. The van der Waals surface area contributed by atoms with E-state index in [1.807, 2.05) is 29.7 Å². The number of thiazole rings is 1. The van der Waals surface area contributed by atoms with Crippen LogP contribution in [0, 0.1) is 0 Å². The third-order valence-electron chi connectivity index (χ3n) is 7.23. The number of pyridine rings is 1. The maximum Gasteiger partial charge on any atom is 0.271 e. The molecule has 0 atom stereocenters. The summed E-state index contributed by atoms with van der Waals surface area (Å²) in [5, 5.41) is 1.37. The fraction of sp³-hybridized carbons (Fsp3) is 0.625. The van der Waals surface area contributed by atoms with Crippen molar-refractivity contribution in [2.75, 3.05) is 45.2 Å². The summed E-state index contributed by atoms with van der Waals surface area (Å²) in [5.41, 5.74) is 3.00. The van der Waals surface area contributed by atoms with E-state index in [1.165, 1.54) is 49.5 Å². The molecule has 3 aliphatic rings. The van der Waals surface area contributed by atoms with Crippen LogP contribution in [0.4, 0.5) is 5.69 Å². The van der Waals surface area contributed by atoms with E-state index in [2.05, 4.69) is 14.8 Å². The highest BCUT2D eigenvalue weighted by atomic mass is 32.1. The lowest BCUT2D eigenvalue weighted by molar-refractivity contribution is 0.0822. The van der Waals surface area contributed by atoms with Crippen molar-refractivity contribution in [2.24, 2.45) is 0 Å². The Morgan fingerprint density at radius 2 is 1.84 bits per heavy atom. The number of aromatic nitrogens is 2. The lowest BCUT2D eigenvalue weighted by atomic mass is 9.91. The van der Waals surface area contributed by atoms with Gasteiger partial charge in [0.05, 0.1) is 22.6 Å². The maximum absolute atomic E-state index is 12.0. The van der Waals surface area contributed by atoms with E-state index in [9.17, 15) is 4.79 Å². The Kier molecular flexibility index (Phi) is 5.97. The lowest BCUT2D eigenvalue weighted by Crippen LogP contribution is -2.41. The van der Waals surface area contributed by atoms with Crippen LogP contribution in [0.15, 0.2) is 18.3 Å². The molecule has 0 unspecified atom stereocenters. The number of amides is 1. The van der Waals surface area contributed by atoms with E-state index < -0.39 is 0 Å². The van der Waals surface area contributed by atoms with Crippen LogP contribution in [0.3, 0.4) is 0 Å². The van der Waals surface area contributed by atoms with Crippen molar-refractivity contribution in [1.29, 1.82) is 0 Å². The van der Waals surface area contributed by atoms with E-state index in [1.54, 1.807) is 23.9 Å². The number of hydrogen-bond acceptors (Lipinski definition) is 6. The third kappa shape index (κ3) is 4.35. The van der Waals surface area contributed by atoms with Gasteiger partial charge in [-0.25, -0.2) is 9.97 Å². The van der Waals surface area contributed by atoms with Crippen molar-refractivity contribution in [2.45, 2.75) is 56.9 Å². The van der Waals surface area contributed by atoms with Crippen molar-refractivity contribution < 1.29 is 4.79 Å². The lowest BCUT2D eigenvalue weighted by Gasteiger charge is -2.36. The number of anilines is 1. The number of fused-ring (bicyclic) bond motifs is 1. The van der Waals surface area contributed by atoms with Crippen LogP contribution in [0.25, 0.3) is 0 Å². The first-order valence-electron chi connectivity index (χ1n) is 11.7. The van der Waals surface area contributed by atoms with Gasteiger partial charge in [0.2, 0.25) is 0 Å². The van der Waals surface area contributed by atoms with E-state index in [4.69, 9.17) is 4.98 Å². The molecule has 2 fully saturated rings. The summed E-state index contributed by atoms with van der Waals surface area (Å²) in [6.45, 7) is 4.45. The fourth-order valence-corrected chi connectivity index (χ4v) is 6.27. The molecule has 166 valence electrons. The highest BCUT2D eigenvalue weighted by Gasteiger charge is 2.29. The fourth-order valence-electron chi connectivity index (χ4n) is 5.01. The van der Waals surface area contributed by atoms with Crippen LogP contribution in [-0.2, 0) is 12.8 Å². The van der Waals surface area contributed by atoms with Gasteiger partial charge in [-0.2, -0.15) is 0 Å². The van der Waals surface area contributed by atoms with E-state index in [0.717, 1.165) is 44.1 Å². The molecular formula is C24H33N5OS. The predicted octanol–water partition coefficient (Wildman–Crippen LogP) is 3.58. The van der Waals surface area contributed by atoms with Gasteiger partial charge in [-0.3, -0.25) is 9.69 Å². The van der Waals surface area contributed by atoms with Crippen LogP contribution in [0.2, 0.25) is 0 Å². The number of rotatable bonds is 4. The molecule has 5 rings (SSSR count). The molecule has 2 aromatic rings. The second-order valence-electron chi connectivity index (χ2n) is 9.41. The topological polar surface area (TPSA) is 52.6 Å². The van der Waals surface area contributed by atoms with Gasteiger partial charge in [-0.05, 0) is 44.2 Å². The monoisotopic (exact) mass is 439 g/mol. The molecule has 0 N–H and O–H groups in total. The minimum Gasteiger partial charge on any atom is -0.370 e. The average molecular weight is 440 g/mol. The molecular weight excluding hydrogens is 406 g/mol. The molecule has 31 heavy (non-hydrogen) atoms. The minimum atomic E-state index is -0.0513. The van der Waals surface area contributed by atoms with Gasteiger partial charge >= 0.3 is 0 Å². The number of carbonyl (C=O) groups excluding carboxylic acids is 1. The minimum absolute atomic E-state index is 0.0513. The van der Waals surface area contributed by atoms with Crippen molar-refractivity contribution in [1.82, 2.24) is 19.8 Å². The Labute approximate surface area is 189 Å². The Bertz CT molecular complexity index is 887. The molecule has 1 saturated heterocycles. The SMILES string of the molecule is CN(C)C(=O)c1ccc(N2CCC(c3nc4c(s3)CCN(C3CCC3)CC4)CC2)cn1. The van der Waals surface area contributed by atoms with Crippen molar-refractivity contribution >= 4 is 22.9 Å². The molecule has 1 aliphatic carbocycles. The van der Waals surface area contributed by atoms with Gasteiger partial charge in [0.15, 0.2) is 0 Å². The standard InChI is InChI=1S/C24H33N5OS/c1-27(2)24(30)21-7-6-19(16-25-21)29-12-8-17(9-13-29)23-26-20-10-14-28(18-4-3-5-18)15-11-22(20)31-23/h6-7,16-18H,3-5,8-15H2,1-2H3. The van der Waals surface area contributed by atoms with Crippen molar-refractivity contribution in [3.63, 3.8) is 0 Å². The van der Waals surface area contributed by atoms with E-state index in [0.29, 0.717) is 11.6 Å². The summed E-state index contributed by atoms with van der Waals surface area (Å²) < 4.78 is 0. The first-order valence-corrected chi connectivity index (χ1v) is 12.6. The summed E-state index contributed by atoms with van der Waals surface area (Å²) in [7, 11) is 3.51. The second-order valence-corrected chi connectivity index (χ2v) is 10.5. The first-order chi connectivity index (χ1) is 15.1. The highest BCUT2D eigenvalue weighted by Crippen LogP contribution is 2.36. The Balaban J connectivity index is 1.17. The molecule has 7 heteroatoms.